The van der Waals surface area contributed by atoms with Crippen molar-refractivity contribution in [3.05, 3.63) is 59.4 Å². The summed E-state index contributed by atoms with van der Waals surface area (Å²) in [4.78, 5) is 26.7. The van der Waals surface area contributed by atoms with Gasteiger partial charge in [0.25, 0.3) is 0 Å². The van der Waals surface area contributed by atoms with Gasteiger partial charge in [-0.15, -0.1) is 0 Å². The Bertz CT molecular complexity index is 856. The fourth-order valence-electron chi connectivity index (χ4n) is 3.29. The Hall–Kier alpha value is -2.93. The van der Waals surface area contributed by atoms with Gasteiger partial charge in [0.2, 0.25) is 11.8 Å². The number of carbonyl (C=O) groups excluding carboxylic acids is 2. The molecule has 27 heavy (non-hydrogen) atoms. The SMILES string of the molecule is COc1cccc2c1NC(=O)C[C@H]2C(=O)N(CCO)Cc1ccccc1F. The van der Waals surface area contributed by atoms with Crippen LogP contribution in [-0.2, 0) is 16.1 Å². The zero-order valence-corrected chi connectivity index (χ0v) is 14.9. The van der Waals surface area contributed by atoms with Gasteiger partial charge < -0.3 is 20.1 Å². The molecule has 2 aromatic rings. The number of ether oxygens (including phenoxy) is 1. The number of amides is 2. The van der Waals surface area contributed by atoms with Gasteiger partial charge in [-0.05, 0) is 17.7 Å². The molecule has 2 aromatic carbocycles. The van der Waals surface area contributed by atoms with E-state index < -0.39 is 11.7 Å². The van der Waals surface area contributed by atoms with Crippen LogP contribution >= 0.6 is 0 Å². The average Bonchev–Trinajstić information content (AvgIpc) is 2.67. The smallest absolute Gasteiger partial charge is 0.231 e. The molecule has 7 heteroatoms. The van der Waals surface area contributed by atoms with Crippen molar-refractivity contribution in [3.63, 3.8) is 0 Å². The fraction of sp³-hybridized carbons (Fsp3) is 0.300. The number of carbonyl (C=O) groups is 2. The van der Waals surface area contributed by atoms with Crippen molar-refractivity contribution >= 4 is 17.5 Å². The Kier molecular flexibility index (Phi) is 5.71. The van der Waals surface area contributed by atoms with E-state index in [1.54, 1.807) is 36.4 Å². The molecule has 0 aliphatic carbocycles. The number of fused-ring (bicyclic) bond motifs is 1. The molecule has 1 aliphatic heterocycles. The molecular weight excluding hydrogens is 351 g/mol. The number of rotatable bonds is 6. The van der Waals surface area contributed by atoms with Gasteiger partial charge in [-0.2, -0.15) is 0 Å². The molecule has 0 fully saturated rings. The lowest BCUT2D eigenvalue weighted by Gasteiger charge is -2.31. The van der Waals surface area contributed by atoms with Gasteiger partial charge >= 0.3 is 0 Å². The van der Waals surface area contributed by atoms with E-state index >= 15 is 0 Å². The minimum atomic E-state index is -0.720. The highest BCUT2D eigenvalue weighted by Crippen LogP contribution is 2.39. The van der Waals surface area contributed by atoms with Crippen molar-refractivity contribution in [3.8, 4) is 5.75 Å². The maximum atomic E-state index is 14.0. The molecule has 0 saturated carbocycles. The highest BCUT2D eigenvalue weighted by atomic mass is 19.1. The number of hydrogen-bond acceptors (Lipinski definition) is 4. The van der Waals surface area contributed by atoms with Gasteiger partial charge in [0.05, 0.1) is 25.3 Å². The molecular formula is C20H21FN2O4. The summed E-state index contributed by atoms with van der Waals surface area (Å²) < 4.78 is 19.3. The Morgan fingerprint density at radius 3 is 2.78 bits per heavy atom. The topological polar surface area (TPSA) is 78.9 Å². The van der Waals surface area contributed by atoms with Crippen molar-refractivity contribution in [2.45, 2.75) is 18.9 Å². The monoisotopic (exact) mass is 372 g/mol. The normalized spacial score (nSPS) is 15.7. The number of methoxy groups -OCH3 is 1. The number of anilines is 1. The third-order valence-electron chi connectivity index (χ3n) is 4.61. The number of aliphatic hydroxyl groups excluding tert-OH is 1. The second-order valence-electron chi connectivity index (χ2n) is 6.30. The van der Waals surface area contributed by atoms with E-state index in [1.165, 1.54) is 18.1 Å². The third kappa shape index (κ3) is 3.93. The highest BCUT2D eigenvalue weighted by molar-refractivity contribution is 6.02. The van der Waals surface area contributed by atoms with Gasteiger partial charge in [-0.1, -0.05) is 30.3 Å². The fourth-order valence-corrected chi connectivity index (χ4v) is 3.29. The van der Waals surface area contributed by atoms with Crippen LogP contribution in [-0.4, -0.2) is 42.1 Å². The molecule has 6 nitrogen and oxygen atoms in total. The van der Waals surface area contributed by atoms with Crippen LogP contribution in [0, 0.1) is 5.82 Å². The Balaban J connectivity index is 1.93. The number of nitrogens with zero attached hydrogens (tertiary/aromatic N) is 1. The minimum absolute atomic E-state index is 0.0157. The Labute approximate surface area is 156 Å². The standard InChI is InChI=1S/C20H21FN2O4/c1-27-17-8-4-6-14-15(11-18(25)22-19(14)17)20(26)23(9-10-24)12-13-5-2-3-7-16(13)21/h2-8,15,24H,9-12H2,1H3,(H,22,25)/t15-/m1/s1. The third-order valence-corrected chi connectivity index (χ3v) is 4.61. The molecule has 0 unspecified atom stereocenters. The van der Waals surface area contributed by atoms with E-state index in [2.05, 4.69) is 5.32 Å². The molecule has 0 radical (unpaired) electrons. The molecule has 1 heterocycles. The second-order valence-corrected chi connectivity index (χ2v) is 6.30. The second kappa shape index (κ2) is 8.18. The summed E-state index contributed by atoms with van der Waals surface area (Å²) in [7, 11) is 1.49. The van der Waals surface area contributed by atoms with E-state index in [4.69, 9.17) is 4.74 Å². The number of benzene rings is 2. The highest BCUT2D eigenvalue weighted by Gasteiger charge is 2.35. The van der Waals surface area contributed by atoms with E-state index in [0.29, 0.717) is 22.6 Å². The molecule has 0 saturated heterocycles. The summed E-state index contributed by atoms with van der Waals surface area (Å²) in [6, 6.07) is 11.4. The van der Waals surface area contributed by atoms with Crippen molar-refractivity contribution in [2.75, 3.05) is 25.6 Å². The summed E-state index contributed by atoms with van der Waals surface area (Å²) in [5.41, 5.74) is 1.48. The summed E-state index contributed by atoms with van der Waals surface area (Å²) in [5, 5.41) is 12.1. The molecule has 1 atom stereocenters. The first-order valence-electron chi connectivity index (χ1n) is 8.65. The van der Waals surface area contributed by atoms with Crippen LogP contribution in [0.4, 0.5) is 10.1 Å². The summed E-state index contributed by atoms with van der Waals surface area (Å²) in [5.74, 6) is -1.29. The largest absolute Gasteiger partial charge is 0.495 e. The summed E-state index contributed by atoms with van der Waals surface area (Å²) in [6.07, 6.45) is -0.0157. The number of aliphatic hydroxyl groups is 1. The molecule has 0 bridgehead atoms. The van der Waals surface area contributed by atoms with Crippen molar-refractivity contribution < 1.29 is 23.8 Å². The first kappa shape index (κ1) is 18.8. The van der Waals surface area contributed by atoms with Crippen LogP contribution in [0.25, 0.3) is 0 Å². The number of para-hydroxylation sites is 1. The molecule has 3 rings (SSSR count). The van der Waals surface area contributed by atoms with Crippen molar-refractivity contribution in [1.29, 1.82) is 0 Å². The predicted molar refractivity (Wildman–Crippen MR) is 97.9 cm³/mol. The molecule has 142 valence electrons. The molecule has 2 N–H and O–H groups in total. The summed E-state index contributed by atoms with van der Waals surface area (Å²) in [6.45, 7) is -0.196. The van der Waals surface area contributed by atoms with Gasteiger partial charge in [-0.3, -0.25) is 9.59 Å². The lowest BCUT2D eigenvalue weighted by Crippen LogP contribution is -2.40. The van der Waals surface area contributed by atoms with Crippen molar-refractivity contribution in [1.82, 2.24) is 4.90 Å². The molecule has 0 spiro atoms. The Morgan fingerprint density at radius 2 is 2.07 bits per heavy atom. The van der Waals surface area contributed by atoms with E-state index in [1.807, 2.05) is 0 Å². The van der Waals surface area contributed by atoms with Crippen molar-refractivity contribution in [2.24, 2.45) is 0 Å². The van der Waals surface area contributed by atoms with Crippen LogP contribution in [0.1, 0.15) is 23.5 Å². The lowest BCUT2D eigenvalue weighted by atomic mass is 9.88. The average molecular weight is 372 g/mol. The Morgan fingerprint density at radius 1 is 1.30 bits per heavy atom. The van der Waals surface area contributed by atoms with E-state index in [9.17, 15) is 19.1 Å². The quantitative estimate of drug-likeness (QED) is 0.815. The van der Waals surface area contributed by atoms with Crippen LogP contribution in [0.3, 0.4) is 0 Å². The molecule has 1 aliphatic rings. The number of nitrogens with one attached hydrogen (secondary N) is 1. The maximum absolute atomic E-state index is 14.0. The van der Waals surface area contributed by atoms with Crippen LogP contribution in [0.15, 0.2) is 42.5 Å². The van der Waals surface area contributed by atoms with Crippen LogP contribution in [0.2, 0.25) is 0 Å². The van der Waals surface area contributed by atoms with E-state index in [0.717, 1.165) is 0 Å². The minimum Gasteiger partial charge on any atom is -0.495 e. The number of halogens is 1. The van der Waals surface area contributed by atoms with Gasteiger partial charge in [-0.25, -0.2) is 4.39 Å². The number of hydrogen-bond donors (Lipinski definition) is 2. The maximum Gasteiger partial charge on any atom is 0.231 e. The van der Waals surface area contributed by atoms with Crippen LogP contribution < -0.4 is 10.1 Å². The molecule has 0 aromatic heterocycles. The lowest BCUT2D eigenvalue weighted by molar-refractivity contribution is -0.136. The van der Waals surface area contributed by atoms with E-state index in [-0.39, 0.29) is 37.9 Å². The van der Waals surface area contributed by atoms with Gasteiger partial charge in [0.15, 0.2) is 0 Å². The first-order valence-corrected chi connectivity index (χ1v) is 8.65. The van der Waals surface area contributed by atoms with Gasteiger partial charge in [0.1, 0.15) is 11.6 Å². The molecule has 2 amide bonds. The first-order chi connectivity index (χ1) is 13.0. The van der Waals surface area contributed by atoms with Crippen LogP contribution in [0.5, 0.6) is 5.75 Å². The summed E-state index contributed by atoms with van der Waals surface area (Å²) >= 11 is 0. The zero-order valence-electron chi connectivity index (χ0n) is 14.9. The zero-order chi connectivity index (χ0) is 19.4. The van der Waals surface area contributed by atoms with Gasteiger partial charge in [0, 0.05) is 25.1 Å². The predicted octanol–water partition coefficient (Wildman–Crippen LogP) is 2.28.